The minimum Gasteiger partial charge on any atom is -0.336 e. The van der Waals surface area contributed by atoms with Gasteiger partial charge in [-0.3, -0.25) is 14.4 Å². The van der Waals surface area contributed by atoms with E-state index in [-0.39, 0.29) is 29.3 Å². The molecule has 2 atom stereocenters. The van der Waals surface area contributed by atoms with E-state index in [2.05, 4.69) is 6.08 Å². The first-order valence-corrected chi connectivity index (χ1v) is 9.34. The van der Waals surface area contributed by atoms with Crippen molar-refractivity contribution in [1.29, 1.82) is 0 Å². The molecule has 26 heavy (non-hydrogen) atoms. The van der Waals surface area contributed by atoms with E-state index >= 15 is 0 Å². The fraction of sp³-hybridized carbons (Fsp3) is 0.550. The lowest BCUT2D eigenvalue weighted by atomic mass is 9.94. The predicted octanol–water partition coefficient (Wildman–Crippen LogP) is 1.90. The molecule has 3 fully saturated rings. The number of aromatic nitrogens is 1. The van der Waals surface area contributed by atoms with Crippen LogP contribution in [0.5, 0.6) is 0 Å². The molecule has 2 bridgehead atoms. The number of aryl methyl sites for hydroxylation is 1. The number of fused-ring (bicyclic) bond motifs is 4. The maximum Gasteiger partial charge on any atom is 0.254 e. The van der Waals surface area contributed by atoms with Gasteiger partial charge in [-0.1, -0.05) is 11.6 Å². The van der Waals surface area contributed by atoms with Crippen LogP contribution in [0.2, 0.25) is 0 Å². The summed E-state index contributed by atoms with van der Waals surface area (Å²) in [5, 5.41) is 0. The van der Waals surface area contributed by atoms with E-state index in [0.717, 1.165) is 12.8 Å². The van der Waals surface area contributed by atoms with E-state index in [1.54, 1.807) is 21.7 Å². The third kappa shape index (κ3) is 3.59. The zero-order chi connectivity index (χ0) is 18.8. The number of hydrogen-bond acceptors (Lipinski definition) is 3. The van der Waals surface area contributed by atoms with Crippen LogP contribution in [0, 0.1) is 5.92 Å². The maximum absolute atomic E-state index is 12.9. The SMILES string of the molecule is CCn1ccc(C(=O)N2C[C@H]3CC[C@@H](C2)N(CC=C(C)C)C3=O)cc1=O. The molecule has 3 aliphatic rings. The van der Waals surface area contributed by atoms with Gasteiger partial charge in [-0.25, -0.2) is 0 Å². The second-order valence-corrected chi connectivity index (χ2v) is 7.45. The van der Waals surface area contributed by atoms with Crippen LogP contribution in [0.15, 0.2) is 34.8 Å². The molecule has 0 aliphatic carbocycles. The van der Waals surface area contributed by atoms with Gasteiger partial charge in [0.2, 0.25) is 5.91 Å². The highest BCUT2D eigenvalue weighted by molar-refractivity contribution is 5.95. The summed E-state index contributed by atoms with van der Waals surface area (Å²) < 4.78 is 1.56. The van der Waals surface area contributed by atoms with Gasteiger partial charge in [-0.2, -0.15) is 0 Å². The Labute approximate surface area is 154 Å². The van der Waals surface area contributed by atoms with E-state index in [4.69, 9.17) is 0 Å². The Morgan fingerprint density at radius 2 is 2.00 bits per heavy atom. The van der Waals surface area contributed by atoms with Gasteiger partial charge in [0.1, 0.15) is 0 Å². The molecule has 6 heteroatoms. The highest BCUT2D eigenvalue weighted by Gasteiger charge is 2.41. The molecule has 3 aliphatic heterocycles. The Morgan fingerprint density at radius 1 is 1.23 bits per heavy atom. The maximum atomic E-state index is 12.9. The average Bonchev–Trinajstić information content (AvgIpc) is 2.90. The summed E-state index contributed by atoms with van der Waals surface area (Å²) in [4.78, 5) is 41.4. The van der Waals surface area contributed by atoms with Gasteiger partial charge in [0.15, 0.2) is 0 Å². The van der Waals surface area contributed by atoms with Crippen molar-refractivity contribution in [3.05, 3.63) is 45.9 Å². The van der Waals surface area contributed by atoms with Crippen molar-refractivity contribution in [3.63, 3.8) is 0 Å². The molecule has 0 spiro atoms. The van der Waals surface area contributed by atoms with Crippen LogP contribution in [-0.4, -0.2) is 51.9 Å². The molecule has 0 aromatic carbocycles. The summed E-state index contributed by atoms with van der Waals surface area (Å²) in [6.07, 6.45) is 5.48. The molecular weight excluding hydrogens is 330 g/mol. The van der Waals surface area contributed by atoms with Gasteiger partial charge in [0.25, 0.3) is 11.5 Å². The Bertz CT molecular complexity index is 792. The summed E-state index contributed by atoms with van der Waals surface area (Å²) in [6.45, 7) is 8.10. The van der Waals surface area contributed by atoms with Gasteiger partial charge in [0, 0.05) is 50.0 Å². The molecule has 0 N–H and O–H groups in total. The first-order valence-electron chi connectivity index (χ1n) is 9.34. The van der Waals surface area contributed by atoms with Crippen molar-refractivity contribution in [3.8, 4) is 0 Å². The molecule has 1 aromatic heterocycles. The number of carbonyl (C=O) groups excluding carboxylic acids is 2. The van der Waals surface area contributed by atoms with E-state index in [1.807, 2.05) is 25.7 Å². The second kappa shape index (κ2) is 7.48. The fourth-order valence-electron chi connectivity index (χ4n) is 3.81. The number of allylic oxidation sites excluding steroid dienone is 1. The van der Waals surface area contributed by atoms with Crippen molar-refractivity contribution in [2.75, 3.05) is 19.6 Å². The Morgan fingerprint density at radius 3 is 2.65 bits per heavy atom. The smallest absolute Gasteiger partial charge is 0.254 e. The van der Waals surface area contributed by atoms with Crippen molar-refractivity contribution in [2.24, 2.45) is 5.92 Å². The number of carbonyl (C=O) groups is 2. The van der Waals surface area contributed by atoms with Crippen LogP contribution in [0.1, 0.15) is 44.0 Å². The number of hydrogen-bond donors (Lipinski definition) is 0. The second-order valence-electron chi connectivity index (χ2n) is 7.45. The lowest BCUT2D eigenvalue weighted by Crippen LogP contribution is -2.48. The molecule has 3 saturated heterocycles. The molecule has 0 saturated carbocycles. The van der Waals surface area contributed by atoms with Crippen LogP contribution in [0.3, 0.4) is 0 Å². The van der Waals surface area contributed by atoms with E-state index < -0.39 is 0 Å². The average molecular weight is 357 g/mol. The van der Waals surface area contributed by atoms with Crippen molar-refractivity contribution in [2.45, 2.75) is 46.2 Å². The lowest BCUT2D eigenvalue weighted by molar-refractivity contribution is -0.139. The number of rotatable bonds is 4. The van der Waals surface area contributed by atoms with Crippen molar-refractivity contribution in [1.82, 2.24) is 14.4 Å². The fourth-order valence-corrected chi connectivity index (χ4v) is 3.81. The molecule has 1 aromatic rings. The van der Waals surface area contributed by atoms with Gasteiger partial charge < -0.3 is 14.4 Å². The van der Waals surface area contributed by atoms with Crippen LogP contribution < -0.4 is 5.56 Å². The van der Waals surface area contributed by atoms with E-state index in [1.165, 1.54) is 11.6 Å². The molecule has 0 unspecified atom stereocenters. The summed E-state index contributed by atoms with van der Waals surface area (Å²) in [6, 6.07) is 3.15. The highest BCUT2D eigenvalue weighted by atomic mass is 16.2. The zero-order valence-electron chi connectivity index (χ0n) is 15.8. The summed E-state index contributed by atoms with van der Waals surface area (Å²) in [7, 11) is 0. The minimum absolute atomic E-state index is 0.0526. The van der Waals surface area contributed by atoms with Crippen LogP contribution in [-0.2, 0) is 11.3 Å². The third-order valence-corrected chi connectivity index (χ3v) is 5.36. The summed E-state index contributed by atoms with van der Waals surface area (Å²) in [5.41, 5.74) is 1.42. The monoisotopic (exact) mass is 357 g/mol. The van der Waals surface area contributed by atoms with Gasteiger partial charge in [0.05, 0.1) is 5.92 Å². The molecule has 140 valence electrons. The molecule has 2 amide bonds. The number of nitrogens with zero attached hydrogens (tertiary/aromatic N) is 3. The van der Waals surface area contributed by atoms with Crippen LogP contribution >= 0.6 is 0 Å². The minimum atomic E-state index is -0.169. The normalized spacial score (nSPS) is 22.3. The summed E-state index contributed by atoms with van der Waals surface area (Å²) >= 11 is 0. The molecule has 0 radical (unpaired) electrons. The Balaban J connectivity index is 1.81. The topological polar surface area (TPSA) is 62.6 Å². The zero-order valence-corrected chi connectivity index (χ0v) is 15.8. The van der Waals surface area contributed by atoms with Gasteiger partial charge in [-0.05, 0) is 39.7 Å². The number of piperidine rings is 1. The van der Waals surface area contributed by atoms with E-state index in [0.29, 0.717) is 31.7 Å². The largest absolute Gasteiger partial charge is 0.336 e. The number of pyridine rings is 1. The van der Waals surface area contributed by atoms with Gasteiger partial charge in [-0.15, -0.1) is 0 Å². The summed E-state index contributed by atoms with van der Waals surface area (Å²) in [5.74, 6) is -0.145. The number of amides is 2. The Hall–Kier alpha value is -2.37. The third-order valence-electron chi connectivity index (χ3n) is 5.36. The Kier molecular flexibility index (Phi) is 5.30. The standard InChI is InChI=1S/C20H27N3O3/c1-4-21-9-8-15(11-18(21)24)19(25)22-12-16-5-6-17(13-22)23(20(16)26)10-7-14(2)3/h7-9,11,16-17H,4-6,10,12-13H2,1-3H3/t16-,17+/m1/s1. The van der Waals surface area contributed by atoms with Gasteiger partial charge >= 0.3 is 0 Å². The van der Waals surface area contributed by atoms with Crippen LogP contribution in [0.4, 0.5) is 0 Å². The van der Waals surface area contributed by atoms with Crippen molar-refractivity contribution >= 4 is 11.8 Å². The molecule has 6 nitrogen and oxygen atoms in total. The first kappa shape index (κ1) is 18.4. The van der Waals surface area contributed by atoms with E-state index in [9.17, 15) is 14.4 Å². The first-order chi connectivity index (χ1) is 12.4. The molecule has 4 rings (SSSR count). The molecular formula is C20H27N3O3. The van der Waals surface area contributed by atoms with Crippen molar-refractivity contribution < 1.29 is 9.59 Å². The lowest BCUT2D eigenvalue weighted by Gasteiger charge is -2.35. The van der Waals surface area contributed by atoms with Crippen LogP contribution in [0.25, 0.3) is 0 Å². The quantitative estimate of drug-likeness (QED) is 0.773. The predicted molar refractivity (Wildman–Crippen MR) is 99.9 cm³/mol. The molecule has 4 heterocycles. The highest BCUT2D eigenvalue weighted by Crippen LogP contribution is 2.29.